The van der Waals surface area contributed by atoms with E-state index in [9.17, 15) is 17.3 Å². The molecule has 0 bridgehead atoms. The van der Waals surface area contributed by atoms with E-state index in [1.807, 2.05) is 13.8 Å². The largest absolute Gasteiger partial charge is 0.513 e. The third-order valence-electron chi connectivity index (χ3n) is 2.53. The van der Waals surface area contributed by atoms with Crippen LogP contribution in [0.3, 0.4) is 0 Å². The molecule has 0 amide bonds. The Labute approximate surface area is 97.8 Å². The normalized spacial score (nSPS) is 11.9. The van der Waals surface area contributed by atoms with Crippen LogP contribution in [0.5, 0.6) is 5.75 Å². The van der Waals surface area contributed by atoms with Crippen LogP contribution in [0.4, 0.5) is 17.3 Å². The molecule has 1 aromatic carbocycles. The average Bonchev–Trinajstić information content (AvgIpc) is 2.26. The molecule has 0 heterocycles. The number of hydrogen-bond acceptors (Lipinski definition) is 1. The van der Waals surface area contributed by atoms with E-state index in [2.05, 4.69) is 0 Å². The lowest BCUT2D eigenvalue weighted by molar-refractivity contribution is 0.193. The highest BCUT2D eigenvalue weighted by atomic mass is 19.4. The van der Waals surface area contributed by atoms with Crippen LogP contribution in [0.2, 0.25) is 0 Å². The third-order valence-corrected chi connectivity index (χ3v) is 2.53. The van der Waals surface area contributed by atoms with Gasteiger partial charge in [0.1, 0.15) is 5.82 Å². The van der Waals surface area contributed by atoms with Gasteiger partial charge in [-0.05, 0) is 31.0 Å². The van der Waals surface area contributed by atoms with Crippen molar-refractivity contribution < 1.29 is 22.1 Å². The van der Waals surface area contributed by atoms with Crippen molar-refractivity contribution >= 4 is 12.4 Å². The maximum Gasteiger partial charge on any atom is 0.513 e. The van der Waals surface area contributed by atoms with Gasteiger partial charge in [0.15, 0.2) is 0 Å². The second kappa shape index (κ2) is 5.43. The summed E-state index contributed by atoms with van der Waals surface area (Å²) in [7, 11) is 0. The average molecular weight is 249 g/mol. The quantitative estimate of drug-likeness (QED) is 0.573. The molecule has 0 aromatic heterocycles. The molecule has 96 valence electrons. The maximum absolute atomic E-state index is 12.8. The number of ether oxygens (including phenoxy) is 1. The lowest BCUT2D eigenvalue weighted by Crippen LogP contribution is -2.36. The summed E-state index contributed by atoms with van der Waals surface area (Å²) in [5.74, 6) is -1.19. The van der Waals surface area contributed by atoms with Gasteiger partial charge in [0.2, 0.25) is 0 Å². The van der Waals surface area contributed by atoms with E-state index in [-0.39, 0.29) is 11.9 Å². The molecule has 0 aliphatic carbocycles. The Kier molecular flexibility index (Phi) is 4.43. The predicted octanol–water partition coefficient (Wildman–Crippen LogP) is 3.45. The minimum Gasteiger partial charge on any atom is -0.493 e. The molecule has 1 rings (SSSR count). The lowest BCUT2D eigenvalue weighted by atomic mass is 9.79. The van der Waals surface area contributed by atoms with Gasteiger partial charge in [-0.15, -0.1) is 0 Å². The number of benzene rings is 1. The van der Waals surface area contributed by atoms with Crippen molar-refractivity contribution in [1.82, 2.24) is 0 Å². The molecular formula is C11H14BF4O-. The highest BCUT2D eigenvalue weighted by molar-refractivity contribution is 6.74. The number of hydrogen-bond donors (Lipinski definition) is 0. The molecule has 0 N–H and O–H groups in total. The Morgan fingerprint density at radius 1 is 1.18 bits per heavy atom. The minimum atomic E-state index is -5.26. The fourth-order valence-corrected chi connectivity index (χ4v) is 1.52. The van der Waals surface area contributed by atoms with Crippen LogP contribution < -0.4 is 10.2 Å². The highest BCUT2D eigenvalue weighted by Crippen LogP contribution is 2.21. The molecule has 0 aliphatic heterocycles. The van der Waals surface area contributed by atoms with E-state index in [1.165, 1.54) is 0 Å². The summed E-state index contributed by atoms with van der Waals surface area (Å²) >= 11 is 0. The van der Waals surface area contributed by atoms with Gasteiger partial charge in [-0.2, -0.15) is 0 Å². The van der Waals surface area contributed by atoms with Gasteiger partial charge in [-0.25, -0.2) is 4.39 Å². The third kappa shape index (κ3) is 3.65. The maximum atomic E-state index is 12.8. The monoisotopic (exact) mass is 249 g/mol. The van der Waals surface area contributed by atoms with E-state index in [4.69, 9.17) is 4.74 Å². The Morgan fingerprint density at radius 3 is 2.24 bits per heavy atom. The molecule has 0 saturated heterocycles. The first-order valence-electron chi connectivity index (χ1n) is 5.54. The molecule has 17 heavy (non-hydrogen) atoms. The predicted molar refractivity (Wildman–Crippen MR) is 60.1 cm³/mol. The van der Waals surface area contributed by atoms with Gasteiger partial charge < -0.3 is 17.7 Å². The molecular weight excluding hydrogens is 235 g/mol. The first-order valence-corrected chi connectivity index (χ1v) is 5.54. The summed E-state index contributed by atoms with van der Waals surface area (Å²) in [6.45, 7) is -1.61. The first kappa shape index (κ1) is 13.9. The molecule has 0 radical (unpaired) electrons. The van der Waals surface area contributed by atoms with Crippen molar-refractivity contribution in [3.8, 4) is 5.75 Å². The van der Waals surface area contributed by atoms with Crippen molar-refractivity contribution in [1.29, 1.82) is 0 Å². The summed E-state index contributed by atoms with van der Waals surface area (Å²) in [4.78, 5) is 0. The van der Waals surface area contributed by atoms with E-state index >= 15 is 0 Å². The van der Waals surface area contributed by atoms with Gasteiger partial charge in [0.05, 0.1) is 11.9 Å². The standard InChI is InChI=1S/C11H14BF4O/c1-3-9(4-2)17-11-6-5-8(13)7-10(11)12(14,15)16/h5-7,9H,3-4H2,1-2H3/q-1. The highest BCUT2D eigenvalue weighted by Gasteiger charge is 2.30. The summed E-state index contributed by atoms with van der Waals surface area (Å²) < 4.78 is 56.2. The van der Waals surface area contributed by atoms with E-state index in [1.54, 1.807) is 0 Å². The molecule has 0 saturated carbocycles. The summed E-state index contributed by atoms with van der Waals surface area (Å²) in [5.41, 5.74) is -1.00. The van der Waals surface area contributed by atoms with Crippen molar-refractivity contribution in [2.24, 2.45) is 0 Å². The van der Waals surface area contributed by atoms with Gasteiger partial charge in [0, 0.05) is 0 Å². The van der Waals surface area contributed by atoms with Gasteiger partial charge in [-0.3, -0.25) is 0 Å². The molecule has 1 nitrogen and oxygen atoms in total. The Bertz CT molecular complexity index is 374. The Morgan fingerprint density at radius 2 is 1.76 bits per heavy atom. The lowest BCUT2D eigenvalue weighted by Gasteiger charge is -2.23. The minimum absolute atomic E-state index is 0.280. The van der Waals surface area contributed by atoms with Crippen molar-refractivity contribution in [3.63, 3.8) is 0 Å². The van der Waals surface area contributed by atoms with Crippen molar-refractivity contribution in [3.05, 3.63) is 24.0 Å². The SMILES string of the molecule is CCC(CC)Oc1ccc(F)cc1[B-](F)(F)F. The smallest absolute Gasteiger partial charge is 0.493 e. The molecule has 0 spiro atoms. The van der Waals surface area contributed by atoms with Gasteiger partial charge in [-0.1, -0.05) is 19.3 Å². The van der Waals surface area contributed by atoms with Crippen LogP contribution >= 0.6 is 0 Å². The number of halogens is 4. The molecule has 0 fully saturated rings. The fourth-order valence-electron chi connectivity index (χ4n) is 1.52. The zero-order valence-corrected chi connectivity index (χ0v) is 9.72. The summed E-state index contributed by atoms with van der Waals surface area (Å²) in [6, 6.07) is 2.50. The zero-order chi connectivity index (χ0) is 13.1. The van der Waals surface area contributed by atoms with E-state index in [0.717, 1.165) is 12.1 Å². The van der Waals surface area contributed by atoms with Crippen LogP contribution in [-0.4, -0.2) is 13.1 Å². The second-order valence-corrected chi connectivity index (χ2v) is 3.81. The molecule has 0 atom stereocenters. The van der Waals surface area contributed by atoms with Crippen LogP contribution in [0.1, 0.15) is 26.7 Å². The molecule has 6 heteroatoms. The molecule has 1 aromatic rings. The van der Waals surface area contributed by atoms with Gasteiger partial charge in [0.25, 0.3) is 0 Å². The first-order chi connectivity index (χ1) is 7.88. The van der Waals surface area contributed by atoms with Crippen LogP contribution in [0.15, 0.2) is 18.2 Å². The second-order valence-electron chi connectivity index (χ2n) is 3.81. The number of rotatable bonds is 5. The van der Waals surface area contributed by atoms with Crippen LogP contribution in [0, 0.1) is 5.82 Å². The zero-order valence-electron chi connectivity index (χ0n) is 9.72. The van der Waals surface area contributed by atoms with Gasteiger partial charge >= 0.3 is 6.98 Å². The fraction of sp³-hybridized carbons (Fsp3) is 0.455. The van der Waals surface area contributed by atoms with E-state index < -0.39 is 18.3 Å². The molecule has 0 unspecified atom stereocenters. The van der Waals surface area contributed by atoms with E-state index in [0.29, 0.717) is 18.9 Å². The molecule has 0 aliphatic rings. The summed E-state index contributed by atoms with van der Waals surface area (Å²) in [5, 5.41) is 0. The van der Waals surface area contributed by atoms with Crippen LogP contribution in [-0.2, 0) is 0 Å². The topological polar surface area (TPSA) is 9.23 Å². The Balaban J connectivity index is 3.06. The summed E-state index contributed by atoms with van der Waals surface area (Å²) in [6.07, 6.45) is 0.938. The van der Waals surface area contributed by atoms with Crippen molar-refractivity contribution in [2.75, 3.05) is 0 Å². The van der Waals surface area contributed by atoms with Crippen molar-refractivity contribution in [2.45, 2.75) is 32.8 Å². The Hall–Kier alpha value is -1.20. The van der Waals surface area contributed by atoms with Crippen LogP contribution in [0.25, 0.3) is 0 Å².